The lowest BCUT2D eigenvalue weighted by Gasteiger charge is -2.52. The highest BCUT2D eigenvalue weighted by Crippen LogP contribution is 2.44. The van der Waals surface area contributed by atoms with Crippen LogP contribution in [0.15, 0.2) is 16.6 Å². The summed E-state index contributed by atoms with van der Waals surface area (Å²) in [4.78, 5) is 0. The van der Waals surface area contributed by atoms with Crippen molar-refractivity contribution < 1.29 is 9.13 Å². The fourth-order valence-corrected chi connectivity index (χ4v) is 2.98. The van der Waals surface area contributed by atoms with Crippen LogP contribution in [0.25, 0.3) is 0 Å². The Balaban J connectivity index is 2.13. The van der Waals surface area contributed by atoms with E-state index in [0.717, 1.165) is 6.42 Å². The van der Waals surface area contributed by atoms with Gasteiger partial charge in [0.1, 0.15) is 6.07 Å². The van der Waals surface area contributed by atoms with E-state index in [1.807, 2.05) is 13.0 Å². The van der Waals surface area contributed by atoms with Crippen molar-refractivity contribution in [1.29, 1.82) is 5.26 Å². The fourth-order valence-electron chi connectivity index (χ4n) is 2.55. The second-order valence-corrected chi connectivity index (χ2v) is 6.39. The van der Waals surface area contributed by atoms with Crippen molar-refractivity contribution >= 4 is 21.6 Å². The van der Waals surface area contributed by atoms with E-state index >= 15 is 0 Å². The molecule has 1 aliphatic carbocycles. The molecule has 1 fully saturated rings. The zero-order chi connectivity index (χ0) is 14.9. The van der Waals surface area contributed by atoms with Gasteiger partial charge in [0, 0.05) is 18.1 Å². The Labute approximate surface area is 127 Å². The highest BCUT2D eigenvalue weighted by atomic mass is 79.9. The molecule has 5 heteroatoms. The molecule has 0 amide bonds. The molecule has 108 valence electrons. The number of hydrogen-bond donors (Lipinski definition) is 1. The Kier molecular flexibility index (Phi) is 4.36. The minimum absolute atomic E-state index is 0.0389. The Morgan fingerprint density at radius 2 is 2.25 bits per heavy atom. The van der Waals surface area contributed by atoms with E-state index in [0.29, 0.717) is 17.9 Å². The van der Waals surface area contributed by atoms with Gasteiger partial charge in [0.05, 0.1) is 21.8 Å². The summed E-state index contributed by atoms with van der Waals surface area (Å²) < 4.78 is 20.1. The van der Waals surface area contributed by atoms with Crippen LogP contribution in [0.3, 0.4) is 0 Å². The smallest absolute Gasteiger partial charge is 0.161 e. The number of nitrogens with zero attached hydrogens (tertiary/aromatic N) is 1. The number of benzene rings is 1. The van der Waals surface area contributed by atoms with E-state index in [9.17, 15) is 4.39 Å². The Hall–Kier alpha value is -1.12. The van der Waals surface area contributed by atoms with Crippen LogP contribution in [-0.2, 0) is 4.74 Å². The molecule has 1 aromatic carbocycles. The first-order valence-corrected chi connectivity index (χ1v) is 7.47. The van der Waals surface area contributed by atoms with Crippen molar-refractivity contribution in [2.45, 2.75) is 39.3 Å². The molecular weight excluding hydrogens is 323 g/mol. The Morgan fingerprint density at radius 1 is 1.55 bits per heavy atom. The zero-order valence-electron chi connectivity index (χ0n) is 11.8. The van der Waals surface area contributed by atoms with Crippen LogP contribution in [0.5, 0.6) is 0 Å². The highest BCUT2D eigenvalue weighted by Gasteiger charge is 2.49. The second-order valence-electron chi connectivity index (χ2n) is 5.60. The van der Waals surface area contributed by atoms with Crippen LogP contribution < -0.4 is 5.32 Å². The Bertz CT molecular complexity index is 554. The van der Waals surface area contributed by atoms with Gasteiger partial charge in [-0.05, 0) is 41.4 Å². The molecule has 1 aromatic rings. The van der Waals surface area contributed by atoms with Crippen LogP contribution in [0, 0.1) is 22.6 Å². The summed E-state index contributed by atoms with van der Waals surface area (Å²) in [5, 5.41) is 12.1. The third kappa shape index (κ3) is 2.55. The molecule has 0 spiro atoms. The maximum absolute atomic E-state index is 14.2. The molecule has 1 saturated carbocycles. The van der Waals surface area contributed by atoms with Gasteiger partial charge in [0.25, 0.3) is 0 Å². The number of rotatable bonds is 4. The minimum Gasteiger partial charge on any atom is -0.379 e. The number of halogens is 2. The van der Waals surface area contributed by atoms with Gasteiger partial charge < -0.3 is 10.1 Å². The highest BCUT2D eigenvalue weighted by molar-refractivity contribution is 9.10. The molecule has 0 heterocycles. The van der Waals surface area contributed by atoms with Crippen molar-refractivity contribution in [3.05, 3.63) is 28.0 Å². The van der Waals surface area contributed by atoms with Gasteiger partial charge in [-0.15, -0.1) is 0 Å². The predicted molar refractivity (Wildman–Crippen MR) is 80.0 cm³/mol. The third-order valence-electron chi connectivity index (χ3n) is 4.08. The van der Waals surface area contributed by atoms with Crippen molar-refractivity contribution in [1.82, 2.24) is 0 Å². The van der Waals surface area contributed by atoms with Crippen LogP contribution in [0.1, 0.15) is 32.8 Å². The summed E-state index contributed by atoms with van der Waals surface area (Å²) in [6.07, 6.45) is 1.06. The quantitative estimate of drug-likeness (QED) is 0.898. The van der Waals surface area contributed by atoms with Gasteiger partial charge in [0.2, 0.25) is 0 Å². The number of anilines is 1. The molecule has 2 atom stereocenters. The average molecular weight is 341 g/mol. The number of nitriles is 1. The Morgan fingerprint density at radius 3 is 2.80 bits per heavy atom. The van der Waals surface area contributed by atoms with Crippen LogP contribution in [0.4, 0.5) is 10.1 Å². The summed E-state index contributed by atoms with van der Waals surface area (Å²) in [5.74, 6) is -0.417. The summed E-state index contributed by atoms with van der Waals surface area (Å²) in [5.41, 5.74) is 0.681. The van der Waals surface area contributed by atoms with Crippen LogP contribution in [-0.4, -0.2) is 18.8 Å². The first-order chi connectivity index (χ1) is 9.41. The fraction of sp³-hybridized carbons (Fsp3) is 0.533. The van der Waals surface area contributed by atoms with Gasteiger partial charge in [-0.3, -0.25) is 0 Å². The molecule has 0 radical (unpaired) electrons. The first-order valence-electron chi connectivity index (χ1n) is 6.68. The summed E-state index contributed by atoms with van der Waals surface area (Å²) in [7, 11) is 0. The third-order valence-corrected chi connectivity index (χ3v) is 4.85. The lowest BCUT2D eigenvalue weighted by molar-refractivity contribution is -0.0976. The van der Waals surface area contributed by atoms with Crippen molar-refractivity contribution in [3.8, 4) is 6.07 Å². The lowest BCUT2D eigenvalue weighted by Crippen LogP contribution is -2.58. The maximum Gasteiger partial charge on any atom is 0.161 e. The average Bonchev–Trinajstić information content (AvgIpc) is 2.42. The van der Waals surface area contributed by atoms with Gasteiger partial charge >= 0.3 is 0 Å². The molecule has 3 nitrogen and oxygen atoms in total. The van der Waals surface area contributed by atoms with Gasteiger partial charge in [-0.2, -0.15) is 5.26 Å². The van der Waals surface area contributed by atoms with E-state index in [2.05, 4.69) is 35.1 Å². The normalized spacial score (nSPS) is 23.8. The van der Waals surface area contributed by atoms with Gasteiger partial charge in [-0.25, -0.2) is 4.39 Å². The predicted octanol–water partition coefficient (Wildman–Crippen LogP) is 4.08. The summed E-state index contributed by atoms with van der Waals surface area (Å²) in [6, 6.07) is 5.34. The van der Waals surface area contributed by atoms with Crippen LogP contribution in [0.2, 0.25) is 0 Å². The lowest BCUT2D eigenvalue weighted by atomic mass is 9.64. The standard InChI is InChI=1S/C15H18BrFN2O/c1-4-20-12-7-11(15(12,2)3)19-10-6-5-9(8-18)13(16)14(10)17/h5-6,11-12,19H,4,7H2,1-3H3. The maximum atomic E-state index is 14.2. The van der Waals surface area contributed by atoms with E-state index in [4.69, 9.17) is 10.00 Å². The molecule has 2 rings (SSSR count). The van der Waals surface area contributed by atoms with Gasteiger partial charge in [0.15, 0.2) is 5.82 Å². The summed E-state index contributed by atoms with van der Waals surface area (Å²) in [6.45, 7) is 6.90. The first kappa shape index (κ1) is 15.3. The molecule has 0 aliphatic heterocycles. The minimum atomic E-state index is -0.417. The van der Waals surface area contributed by atoms with Crippen molar-refractivity contribution in [2.75, 3.05) is 11.9 Å². The molecule has 0 bridgehead atoms. The molecule has 0 saturated heterocycles. The molecule has 1 aliphatic rings. The SMILES string of the molecule is CCOC1CC(Nc2ccc(C#N)c(Br)c2F)C1(C)C. The van der Waals surface area contributed by atoms with Crippen molar-refractivity contribution in [3.63, 3.8) is 0 Å². The number of nitrogens with one attached hydrogen (secondary N) is 1. The van der Waals surface area contributed by atoms with Crippen molar-refractivity contribution in [2.24, 2.45) is 5.41 Å². The molecular formula is C15H18BrFN2O. The second kappa shape index (κ2) is 5.71. The number of hydrogen-bond acceptors (Lipinski definition) is 3. The van der Waals surface area contributed by atoms with E-state index < -0.39 is 5.82 Å². The topological polar surface area (TPSA) is 45.0 Å². The summed E-state index contributed by atoms with van der Waals surface area (Å²) >= 11 is 3.12. The molecule has 2 unspecified atom stereocenters. The number of ether oxygens (including phenoxy) is 1. The molecule has 1 N–H and O–H groups in total. The van der Waals surface area contributed by atoms with E-state index in [-0.39, 0.29) is 22.0 Å². The molecule has 20 heavy (non-hydrogen) atoms. The zero-order valence-corrected chi connectivity index (χ0v) is 13.4. The van der Waals surface area contributed by atoms with E-state index in [1.165, 1.54) is 0 Å². The largest absolute Gasteiger partial charge is 0.379 e. The van der Waals surface area contributed by atoms with Gasteiger partial charge in [-0.1, -0.05) is 13.8 Å². The monoisotopic (exact) mass is 340 g/mol. The van der Waals surface area contributed by atoms with E-state index in [1.54, 1.807) is 12.1 Å². The molecule has 0 aromatic heterocycles. The van der Waals surface area contributed by atoms with Crippen LogP contribution >= 0.6 is 15.9 Å².